The van der Waals surface area contributed by atoms with Crippen molar-refractivity contribution in [3.05, 3.63) is 46.0 Å². The van der Waals surface area contributed by atoms with Gasteiger partial charge in [-0.25, -0.2) is 0 Å². The van der Waals surface area contributed by atoms with Gasteiger partial charge in [0.15, 0.2) is 4.77 Å². The van der Waals surface area contributed by atoms with Gasteiger partial charge in [0, 0.05) is 13.0 Å². The molecule has 128 valence electrons. The number of hydrogen-bond acceptors (Lipinski definition) is 3. The molecule has 5 nitrogen and oxygen atoms in total. The van der Waals surface area contributed by atoms with Crippen molar-refractivity contribution in [2.75, 3.05) is 6.54 Å². The number of carbonyl (C=O) groups excluding carboxylic acids is 1. The smallest absolute Gasteiger partial charge is 0.240 e. The molecule has 0 bridgehead atoms. The number of rotatable bonds is 6. The maximum atomic E-state index is 12.3. The highest BCUT2D eigenvalue weighted by molar-refractivity contribution is 7.71. The molecule has 3 rings (SSSR count). The molecule has 1 heterocycles. The lowest BCUT2D eigenvalue weighted by atomic mass is 9.84. The maximum Gasteiger partial charge on any atom is 0.240 e. The number of aryl methyl sites for hydroxylation is 2. The number of nitrogens with zero attached hydrogens (tertiary/aromatic N) is 2. The van der Waals surface area contributed by atoms with Crippen LogP contribution in [0.3, 0.4) is 0 Å². The highest BCUT2D eigenvalue weighted by atomic mass is 32.1. The van der Waals surface area contributed by atoms with Crippen LogP contribution in [0.2, 0.25) is 0 Å². The monoisotopic (exact) mass is 344 g/mol. The Morgan fingerprint density at radius 2 is 2.21 bits per heavy atom. The van der Waals surface area contributed by atoms with Gasteiger partial charge in [0.05, 0.1) is 0 Å². The Hall–Kier alpha value is -1.95. The van der Waals surface area contributed by atoms with Crippen molar-refractivity contribution < 1.29 is 4.79 Å². The zero-order valence-electron chi connectivity index (χ0n) is 14.0. The van der Waals surface area contributed by atoms with E-state index >= 15 is 0 Å². The molecule has 6 heteroatoms. The average molecular weight is 344 g/mol. The predicted molar refractivity (Wildman–Crippen MR) is 96.4 cm³/mol. The van der Waals surface area contributed by atoms with Gasteiger partial charge in [0.1, 0.15) is 12.4 Å². The van der Waals surface area contributed by atoms with E-state index in [9.17, 15) is 4.79 Å². The van der Waals surface area contributed by atoms with Crippen LogP contribution in [-0.2, 0) is 30.6 Å². The summed E-state index contributed by atoms with van der Waals surface area (Å²) in [7, 11) is 0. The Balaban J connectivity index is 1.54. The number of hydrogen-bond donors (Lipinski definition) is 2. The third-order valence-electron chi connectivity index (χ3n) is 4.65. The number of carbonyl (C=O) groups is 1. The van der Waals surface area contributed by atoms with Gasteiger partial charge < -0.3 is 5.32 Å². The molecule has 0 saturated heterocycles. The number of fused-ring (bicyclic) bond motifs is 1. The third-order valence-corrected chi connectivity index (χ3v) is 4.96. The van der Waals surface area contributed by atoms with E-state index in [0.29, 0.717) is 10.7 Å². The molecule has 0 spiro atoms. The molecule has 1 aromatic carbocycles. The molecule has 0 saturated carbocycles. The summed E-state index contributed by atoms with van der Waals surface area (Å²) in [5, 5.41) is 10.0. The average Bonchev–Trinajstić information content (AvgIpc) is 2.93. The van der Waals surface area contributed by atoms with E-state index in [1.165, 1.54) is 11.1 Å². The van der Waals surface area contributed by atoms with E-state index in [1.54, 1.807) is 4.57 Å². The van der Waals surface area contributed by atoms with E-state index in [2.05, 4.69) is 46.7 Å². The van der Waals surface area contributed by atoms with Crippen molar-refractivity contribution in [1.82, 2.24) is 20.1 Å². The minimum Gasteiger partial charge on any atom is -0.354 e. The molecule has 1 amide bonds. The lowest BCUT2D eigenvalue weighted by molar-refractivity contribution is -0.121. The van der Waals surface area contributed by atoms with Crippen molar-refractivity contribution in [1.29, 1.82) is 0 Å². The fourth-order valence-electron chi connectivity index (χ4n) is 3.33. The Morgan fingerprint density at radius 1 is 1.42 bits per heavy atom. The van der Waals surface area contributed by atoms with Crippen LogP contribution < -0.4 is 5.32 Å². The van der Waals surface area contributed by atoms with E-state index in [1.807, 2.05) is 0 Å². The number of benzene rings is 1. The summed E-state index contributed by atoms with van der Waals surface area (Å²) < 4.78 is 2.31. The largest absolute Gasteiger partial charge is 0.354 e. The van der Waals surface area contributed by atoms with Crippen molar-refractivity contribution >= 4 is 18.1 Å². The third kappa shape index (κ3) is 3.93. The van der Waals surface area contributed by atoms with Crippen molar-refractivity contribution in [3.63, 3.8) is 0 Å². The second-order valence-electron chi connectivity index (χ2n) is 6.46. The van der Waals surface area contributed by atoms with E-state index < -0.39 is 0 Å². The molecule has 1 aliphatic carbocycles. The van der Waals surface area contributed by atoms with Crippen LogP contribution in [0.25, 0.3) is 0 Å². The van der Waals surface area contributed by atoms with Crippen LogP contribution >= 0.6 is 12.2 Å². The number of amides is 1. The van der Waals surface area contributed by atoms with Crippen molar-refractivity contribution in [2.45, 2.75) is 45.6 Å². The van der Waals surface area contributed by atoms with Crippen LogP contribution in [0, 0.1) is 10.7 Å². The van der Waals surface area contributed by atoms with Crippen LogP contribution in [0.15, 0.2) is 24.3 Å². The van der Waals surface area contributed by atoms with E-state index in [0.717, 1.165) is 44.5 Å². The molecule has 1 unspecified atom stereocenters. The van der Waals surface area contributed by atoms with Gasteiger partial charge >= 0.3 is 0 Å². The van der Waals surface area contributed by atoms with Gasteiger partial charge in [-0.05, 0) is 54.9 Å². The zero-order valence-corrected chi connectivity index (χ0v) is 14.9. The highest BCUT2D eigenvalue weighted by Gasteiger charge is 2.19. The molecule has 0 fully saturated rings. The van der Waals surface area contributed by atoms with E-state index in [-0.39, 0.29) is 12.5 Å². The summed E-state index contributed by atoms with van der Waals surface area (Å²) in [6, 6.07) is 8.60. The normalized spacial score (nSPS) is 16.6. The van der Waals surface area contributed by atoms with Crippen molar-refractivity contribution in [3.8, 4) is 0 Å². The van der Waals surface area contributed by atoms with Crippen LogP contribution in [0.1, 0.15) is 36.7 Å². The van der Waals surface area contributed by atoms with Gasteiger partial charge in [0.25, 0.3) is 0 Å². The van der Waals surface area contributed by atoms with Crippen LogP contribution in [0.4, 0.5) is 0 Å². The fourth-order valence-corrected chi connectivity index (χ4v) is 3.55. The molecule has 2 aromatic rings. The molecule has 1 atom stereocenters. The number of nitrogens with one attached hydrogen (secondary N) is 2. The molecule has 2 N–H and O–H groups in total. The molecule has 1 aromatic heterocycles. The Labute approximate surface area is 147 Å². The topological polar surface area (TPSA) is 62.7 Å². The van der Waals surface area contributed by atoms with Gasteiger partial charge in [0.2, 0.25) is 5.91 Å². The first-order valence-corrected chi connectivity index (χ1v) is 9.05. The number of aromatic nitrogens is 3. The number of aromatic amines is 1. The van der Waals surface area contributed by atoms with Gasteiger partial charge in [-0.2, -0.15) is 5.10 Å². The van der Waals surface area contributed by atoms with E-state index in [4.69, 9.17) is 12.2 Å². The molecule has 1 aliphatic rings. The fraction of sp³-hybridized carbons (Fsp3) is 0.500. The summed E-state index contributed by atoms with van der Waals surface area (Å²) in [5.74, 6) is 1.37. The summed E-state index contributed by atoms with van der Waals surface area (Å²) in [4.78, 5) is 12.3. The van der Waals surface area contributed by atoms with Gasteiger partial charge in [-0.1, -0.05) is 31.2 Å². The highest BCUT2D eigenvalue weighted by Crippen LogP contribution is 2.24. The number of H-pyrrole nitrogens is 1. The molecule has 24 heavy (non-hydrogen) atoms. The second kappa shape index (κ2) is 7.75. The lowest BCUT2D eigenvalue weighted by Crippen LogP contribution is -2.34. The van der Waals surface area contributed by atoms with Gasteiger partial charge in [-0.3, -0.25) is 14.5 Å². The quantitative estimate of drug-likeness (QED) is 0.792. The summed E-state index contributed by atoms with van der Waals surface area (Å²) in [6.45, 7) is 3.05. The lowest BCUT2D eigenvalue weighted by Gasteiger charge is -2.24. The Bertz CT molecular complexity index is 764. The van der Waals surface area contributed by atoms with Gasteiger partial charge in [-0.15, -0.1) is 0 Å². The summed E-state index contributed by atoms with van der Waals surface area (Å²) in [6.07, 6.45) is 5.07. The predicted octanol–water partition coefficient (Wildman–Crippen LogP) is 2.81. The second-order valence-corrected chi connectivity index (χ2v) is 6.85. The van der Waals surface area contributed by atoms with Crippen molar-refractivity contribution in [2.24, 2.45) is 5.92 Å². The molecular formula is C18H24N4OS. The first-order chi connectivity index (χ1) is 11.7. The Kier molecular flexibility index (Phi) is 5.45. The summed E-state index contributed by atoms with van der Waals surface area (Å²) >= 11 is 5.22. The zero-order chi connectivity index (χ0) is 16.9. The standard InChI is InChI=1S/C18H24N4OS/c1-2-5-16-20-21-18(24)22(16)12-17(23)19-11-13-8-9-14-6-3-4-7-15(14)10-13/h3-4,6-7,13H,2,5,8-12H2,1H3,(H,19,23)(H,21,24). The molecule has 0 radical (unpaired) electrons. The molecule has 0 aliphatic heterocycles. The maximum absolute atomic E-state index is 12.3. The summed E-state index contributed by atoms with van der Waals surface area (Å²) in [5.41, 5.74) is 2.87. The van der Waals surface area contributed by atoms with Crippen LogP contribution in [0.5, 0.6) is 0 Å². The first-order valence-electron chi connectivity index (χ1n) is 8.65. The Morgan fingerprint density at radius 3 is 3.00 bits per heavy atom. The minimum atomic E-state index is 0.00344. The SMILES string of the molecule is CCCc1n[nH]c(=S)n1CC(=O)NCC1CCc2ccccc2C1. The molecular weight excluding hydrogens is 320 g/mol. The first kappa shape index (κ1) is 16.9. The van der Waals surface area contributed by atoms with Crippen LogP contribution in [-0.4, -0.2) is 27.2 Å². The minimum absolute atomic E-state index is 0.00344.